The molecule has 0 aliphatic carbocycles. The summed E-state index contributed by atoms with van der Waals surface area (Å²) in [7, 11) is 1.44. The normalized spacial score (nSPS) is 11.5. The van der Waals surface area contributed by atoms with E-state index >= 15 is 0 Å². The number of nitrogens with two attached hydrogens (primary N) is 1. The molecule has 0 aliphatic heterocycles. The highest BCUT2D eigenvalue weighted by Gasteiger charge is 2.19. The van der Waals surface area contributed by atoms with Gasteiger partial charge in [-0.05, 0) is 24.3 Å². The van der Waals surface area contributed by atoms with Gasteiger partial charge in [0.15, 0.2) is 0 Å². The van der Waals surface area contributed by atoms with Crippen LogP contribution in [0.2, 0.25) is 0 Å². The number of carboxylic acids is 1. The average Bonchev–Trinajstić information content (AvgIpc) is 2.43. The number of anilines is 1. The van der Waals surface area contributed by atoms with Gasteiger partial charge in [-0.1, -0.05) is 0 Å². The van der Waals surface area contributed by atoms with Crippen molar-refractivity contribution in [3.8, 4) is 0 Å². The van der Waals surface area contributed by atoms with Crippen molar-refractivity contribution in [2.75, 3.05) is 19.0 Å². The van der Waals surface area contributed by atoms with Crippen LogP contribution in [-0.2, 0) is 9.53 Å². The molecule has 0 spiro atoms. The van der Waals surface area contributed by atoms with Crippen LogP contribution in [0, 0.1) is 0 Å². The number of methoxy groups -OCH3 is 1. The van der Waals surface area contributed by atoms with Gasteiger partial charge in [-0.2, -0.15) is 0 Å². The number of carbonyl (C=O) groups excluding carboxylic acids is 2. The van der Waals surface area contributed by atoms with E-state index < -0.39 is 23.9 Å². The molecule has 8 nitrogen and oxygen atoms in total. The van der Waals surface area contributed by atoms with E-state index in [-0.39, 0.29) is 13.0 Å². The van der Waals surface area contributed by atoms with Gasteiger partial charge in [0.1, 0.15) is 6.04 Å². The number of urea groups is 1. The quantitative estimate of drug-likeness (QED) is 0.578. The minimum Gasteiger partial charge on any atom is -0.480 e. The second kappa shape index (κ2) is 7.85. The Hall–Kier alpha value is -2.61. The number of ether oxygens (including phenoxy) is 1. The first-order valence-electron chi connectivity index (χ1n) is 6.13. The van der Waals surface area contributed by atoms with Crippen molar-refractivity contribution in [1.29, 1.82) is 0 Å². The minimum atomic E-state index is -1.15. The number of carbonyl (C=O) groups is 3. The van der Waals surface area contributed by atoms with Crippen LogP contribution in [-0.4, -0.2) is 42.8 Å². The van der Waals surface area contributed by atoms with Crippen LogP contribution in [0.4, 0.5) is 10.5 Å². The molecule has 0 aromatic heterocycles. The lowest BCUT2D eigenvalue weighted by Gasteiger charge is -2.14. The molecule has 1 unspecified atom stereocenters. The number of primary amides is 1. The third-order valence-electron chi connectivity index (χ3n) is 2.64. The molecule has 0 radical (unpaired) electrons. The summed E-state index contributed by atoms with van der Waals surface area (Å²) in [5.41, 5.74) is 5.82. The molecule has 114 valence electrons. The summed E-state index contributed by atoms with van der Waals surface area (Å²) in [5.74, 6) is -1.72. The van der Waals surface area contributed by atoms with Crippen molar-refractivity contribution in [2.45, 2.75) is 12.5 Å². The maximum atomic E-state index is 11.7. The summed E-state index contributed by atoms with van der Waals surface area (Å²) < 4.78 is 4.78. The number of benzene rings is 1. The topological polar surface area (TPSA) is 131 Å². The highest BCUT2D eigenvalue weighted by Crippen LogP contribution is 2.09. The first-order chi connectivity index (χ1) is 9.93. The zero-order valence-electron chi connectivity index (χ0n) is 11.5. The van der Waals surface area contributed by atoms with Gasteiger partial charge < -0.3 is 26.2 Å². The van der Waals surface area contributed by atoms with Gasteiger partial charge in [-0.15, -0.1) is 0 Å². The lowest BCUT2D eigenvalue weighted by Crippen LogP contribution is -2.43. The molecule has 0 fully saturated rings. The van der Waals surface area contributed by atoms with Crippen molar-refractivity contribution in [2.24, 2.45) is 5.73 Å². The molecule has 0 bridgehead atoms. The Morgan fingerprint density at radius 1 is 1.29 bits per heavy atom. The molecule has 3 amide bonds. The lowest BCUT2D eigenvalue weighted by molar-refractivity contribution is -0.139. The second-order valence-corrected chi connectivity index (χ2v) is 4.21. The second-order valence-electron chi connectivity index (χ2n) is 4.21. The summed E-state index contributed by atoms with van der Waals surface area (Å²) in [6, 6.07) is 4.18. The van der Waals surface area contributed by atoms with Crippen LogP contribution in [0.15, 0.2) is 24.3 Å². The number of nitrogens with one attached hydrogen (secondary N) is 2. The molecule has 1 atom stereocenters. The van der Waals surface area contributed by atoms with Crippen LogP contribution in [0.3, 0.4) is 0 Å². The standard InChI is InChI=1S/C13H17N3O5/c1-21-7-6-10(12(18)19)16-13(20)15-9-4-2-8(3-5-9)11(14)17/h2-5,10H,6-7H2,1H3,(H2,14,17)(H,18,19)(H2,15,16,20). The number of aliphatic carboxylic acids is 1. The van der Waals surface area contributed by atoms with E-state index in [2.05, 4.69) is 10.6 Å². The molecule has 0 aliphatic rings. The summed E-state index contributed by atoms with van der Waals surface area (Å²) in [6.45, 7) is 0.213. The fraction of sp³-hybridized carbons (Fsp3) is 0.308. The minimum absolute atomic E-state index is 0.153. The van der Waals surface area contributed by atoms with Gasteiger partial charge in [0.2, 0.25) is 5.91 Å². The van der Waals surface area contributed by atoms with E-state index in [9.17, 15) is 14.4 Å². The SMILES string of the molecule is COCCC(NC(=O)Nc1ccc(C(N)=O)cc1)C(=O)O. The van der Waals surface area contributed by atoms with E-state index in [4.69, 9.17) is 15.6 Å². The fourth-order valence-corrected chi connectivity index (χ4v) is 1.54. The van der Waals surface area contributed by atoms with Crippen LogP contribution in [0.25, 0.3) is 0 Å². The average molecular weight is 295 g/mol. The smallest absolute Gasteiger partial charge is 0.326 e. The molecule has 1 rings (SSSR count). The largest absolute Gasteiger partial charge is 0.480 e. The molecule has 21 heavy (non-hydrogen) atoms. The highest BCUT2D eigenvalue weighted by atomic mass is 16.5. The predicted molar refractivity (Wildman–Crippen MR) is 75.0 cm³/mol. The van der Waals surface area contributed by atoms with Crippen molar-refractivity contribution in [1.82, 2.24) is 5.32 Å². The molecular formula is C13H17N3O5. The molecule has 8 heteroatoms. The van der Waals surface area contributed by atoms with Crippen LogP contribution < -0.4 is 16.4 Å². The molecule has 0 heterocycles. The number of carboxylic acid groups (broad SMARTS) is 1. The highest BCUT2D eigenvalue weighted by molar-refractivity contribution is 5.95. The predicted octanol–water partition coefficient (Wildman–Crippen LogP) is 0.397. The van der Waals surface area contributed by atoms with Crippen molar-refractivity contribution < 1.29 is 24.2 Å². The fourth-order valence-electron chi connectivity index (χ4n) is 1.54. The first-order valence-corrected chi connectivity index (χ1v) is 6.13. The van der Waals surface area contributed by atoms with E-state index in [0.717, 1.165) is 0 Å². The Kier molecular flexibility index (Phi) is 6.15. The number of rotatable bonds is 7. The summed E-state index contributed by atoms with van der Waals surface area (Å²) in [4.78, 5) is 33.6. The van der Waals surface area contributed by atoms with Gasteiger partial charge >= 0.3 is 12.0 Å². The molecule has 1 aromatic carbocycles. The Bertz CT molecular complexity index is 515. The molecule has 0 saturated heterocycles. The van der Waals surface area contributed by atoms with E-state index in [0.29, 0.717) is 11.3 Å². The van der Waals surface area contributed by atoms with Gasteiger partial charge in [0.25, 0.3) is 0 Å². The number of hydrogen-bond acceptors (Lipinski definition) is 4. The number of hydrogen-bond donors (Lipinski definition) is 4. The summed E-state index contributed by atoms with van der Waals surface area (Å²) >= 11 is 0. The molecule has 1 aromatic rings. The van der Waals surface area contributed by atoms with Crippen LogP contribution >= 0.6 is 0 Å². The van der Waals surface area contributed by atoms with E-state index in [1.807, 2.05) is 0 Å². The van der Waals surface area contributed by atoms with Gasteiger partial charge in [0, 0.05) is 31.4 Å². The molecule has 5 N–H and O–H groups in total. The third kappa shape index (κ3) is 5.49. The Morgan fingerprint density at radius 3 is 2.38 bits per heavy atom. The van der Waals surface area contributed by atoms with Gasteiger partial charge in [0.05, 0.1) is 0 Å². The molecule has 0 saturated carbocycles. The van der Waals surface area contributed by atoms with Crippen LogP contribution in [0.5, 0.6) is 0 Å². The zero-order valence-corrected chi connectivity index (χ0v) is 11.5. The van der Waals surface area contributed by atoms with E-state index in [1.165, 1.54) is 31.4 Å². The van der Waals surface area contributed by atoms with Gasteiger partial charge in [-0.3, -0.25) is 4.79 Å². The molecular weight excluding hydrogens is 278 g/mol. The summed E-state index contributed by atoms with van der Waals surface area (Å²) in [5, 5.41) is 13.7. The summed E-state index contributed by atoms with van der Waals surface area (Å²) in [6.07, 6.45) is 0.153. The Balaban J connectivity index is 2.59. The van der Waals surface area contributed by atoms with Crippen LogP contribution in [0.1, 0.15) is 16.8 Å². The van der Waals surface area contributed by atoms with Crippen molar-refractivity contribution in [3.63, 3.8) is 0 Å². The van der Waals surface area contributed by atoms with Gasteiger partial charge in [-0.25, -0.2) is 9.59 Å². The number of amides is 3. The lowest BCUT2D eigenvalue weighted by atomic mass is 10.2. The van der Waals surface area contributed by atoms with Crippen molar-refractivity contribution >= 4 is 23.6 Å². The zero-order chi connectivity index (χ0) is 15.8. The monoisotopic (exact) mass is 295 g/mol. The maximum absolute atomic E-state index is 11.7. The van der Waals surface area contributed by atoms with Crippen molar-refractivity contribution in [3.05, 3.63) is 29.8 Å². The Labute approximate surface area is 121 Å². The first kappa shape index (κ1) is 16.4. The Morgan fingerprint density at radius 2 is 1.90 bits per heavy atom. The third-order valence-corrected chi connectivity index (χ3v) is 2.64. The maximum Gasteiger partial charge on any atom is 0.326 e. The van der Waals surface area contributed by atoms with E-state index in [1.54, 1.807) is 0 Å².